The fourth-order valence-corrected chi connectivity index (χ4v) is 3.64. The second-order valence-corrected chi connectivity index (χ2v) is 7.68. The van der Waals surface area contributed by atoms with Gasteiger partial charge in [-0.2, -0.15) is 34.8 Å². The molecule has 0 aliphatic heterocycles. The fraction of sp³-hybridized carbons (Fsp3) is 0.143. The molecule has 0 N–H and O–H groups in total. The summed E-state index contributed by atoms with van der Waals surface area (Å²) < 4.78 is 106. The topological polar surface area (TPSA) is 43.4 Å². The van der Waals surface area contributed by atoms with Crippen LogP contribution in [0.5, 0.6) is 5.75 Å². The molecule has 0 atom stereocenters. The van der Waals surface area contributed by atoms with Crippen LogP contribution in [0.15, 0.2) is 35.2 Å². The molecule has 0 saturated heterocycles. The van der Waals surface area contributed by atoms with Crippen molar-refractivity contribution in [2.75, 3.05) is 0 Å². The molecule has 13 heteroatoms. The number of alkyl halides is 6. The fourth-order valence-electron chi connectivity index (χ4n) is 1.88. The quantitative estimate of drug-likeness (QED) is 0.292. The first kappa shape index (κ1) is 21.9. The standard InChI is InChI=1S/C14H5Cl3F6O3S/c15-8-4-10(17)11(5-9(8)16)26-27(24,25)12-2-1-6(13(18,19)20)3-7(12)14(21,22)23/h1-5H. The van der Waals surface area contributed by atoms with Crippen molar-refractivity contribution >= 4 is 44.9 Å². The molecule has 0 fully saturated rings. The second kappa shape index (κ2) is 7.23. The lowest BCUT2D eigenvalue weighted by atomic mass is 10.1. The molecule has 148 valence electrons. The maximum atomic E-state index is 13.1. The Morgan fingerprint density at radius 1 is 0.778 bits per heavy atom. The van der Waals surface area contributed by atoms with Crippen molar-refractivity contribution in [1.82, 2.24) is 0 Å². The van der Waals surface area contributed by atoms with Gasteiger partial charge in [0, 0.05) is 6.07 Å². The minimum absolute atomic E-state index is 0.0862. The zero-order chi connectivity index (χ0) is 20.8. The Kier molecular flexibility index (Phi) is 5.87. The van der Waals surface area contributed by atoms with Gasteiger partial charge < -0.3 is 4.18 Å². The number of halogens is 9. The Balaban J connectivity index is 2.61. The van der Waals surface area contributed by atoms with Crippen LogP contribution in [0.25, 0.3) is 0 Å². The van der Waals surface area contributed by atoms with Gasteiger partial charge >= 0.3 is 22.5 Å². The van der Waals surface area contributed by atoms with Crippen molar-refractivity contribution < 1.29 is 38.9 Å². The van der Waals surface area contributed by atoms with Crippen molar-refractivity contribution in [2.45, 2.75) is 17.2 Å². The van der Waals surface area contributed by atoms with E-state index in [1.54, 1.807) is 0 Å². The molecule has 2 rings (SSSR count). The molecule has 0 bridgehead atoms. The Hall–Kier alpha value is -1.36. The van der Waals surface area contributed by atoms with Gasteiger partial charge in [-0.3, -0.25) is 0 Å². The summed E-state index contributed by atoms with van der Waals surface area (Å²) in [6.45, 7) is 0. The largest absolute Gasteiger partial charge is 0.417 e. The van der Waals surface area contributed by atoms with Crippen LogP contribution in [0.3, 0.4) is 0 Å². The van der Waals surface area contributed by atoms with Crippen LogP contribution in [-0.2, 0) is 22.5 Å². The van der Waals surface area contributed by atoms with Crippen LogP contribution in [0.2, 0.25) is 15.1 Å². The molecule has 0 unspecified atom stereocenters. The van der Waals surface area contributed by atoms with Crippen LogP contribution >= 0.6 is 34.8 Å². The SMILES string of the molecule is O=S(=O)(Oc1cc(Cl)c(Cl)cc1Cl)c1ccc(C(F)(F)F)cc1C(F)(F)F. The van der Waals surface area contributed by atoms with Gasteiger partial charge in [0.25, 0.3) is 0 Å². The highest BCUT2D eigenvalue weighted by molar-refractivity contribution is 7.87. The normalized spacial score (nSPS) is 12.9. The number of hydrogen-bond acceptors (Lipinski definition) is 3. The van der Waals surface area contributed by atoms with Crippen molar-refractivity contribution in [3.8, 4) is 5.75 Å². The third-order valence-corrected chi connectivity index (χ3v) is 5.37. The van der Waals surface area contributed by atoms with E-state index in [4.69, 9.17) is 34.8 Å². The van der Waals surface area contributed by atoms with Crippen molar-refractivity contribution in [3.63, 3.8) is 0 Å². The van der Waals surface area contributed by atoms with E-state index >= 15 is 0 Å². The summed E-state index contributed by atoms with van der Waals surface area (Å²) in [5.41, 5.74) is -3.73. The average molecular weight is 474 g/mol. The lowest BCUT2D eigenvalue weighted by Gasteiger charge is -2.16. The molecule has 0 aliphatic carbocycles. The predicted octanol–water partition coefficient (Wildman–Crippen LogP) is 6.45. The summed E-state index contributed by atoms with van der Waals surface area (Å²) in [4.78, 5) is -1.52. The molecular weight excluding hydrogens is 469 g/mol. The minimum atomic E-state index is -5.41. The highest BCUT2D eigenvalue weighted by Crippen LogP contribution is 2.41. The minimum Gasteiger partial charge on any atom is -0.377 e. The van der Waals surface area contributed by atoms with E-state index in [0.717, 1.165) is 12.1 Å². The molecule has 0 amide bonds. The lowest BCUT2D eigenvalue weighted by Crippen LogP contribution is -2.19. The first-order chi connectivity index (χ1) is 12.1. The van der Waals surface area contributed by atoms with E-state index in [1.165, 1.54) is 0 Å². The van der Waals surface area contributed by atoms with E-state index < -0.39 is 49.3 Å². The molecule has 0 spiro atoms. The van der Waals surface area contributed by atoms with Gasteiger partial charge in [-0.1, -0.05) is 34.8 Å². The van der Waals surface area contributed by atoms with Gasteiger partial charge in [0.1, 0.15) is 4.90 Å². The number of hydrogen-bond donors (Lipinski definition) is 0. The maximum absolute atomic E-state index is 13.1. The zero-order valence-corrected chi connectivity index (χ0v) is 15.5. The summed E-state index contributed by atoms with van der Waals surface area (Å²) in [5, 5.41) is -0.694. The van der Waals surface area contributed by atoms with E-state index in [0.29, 0.717) is 0 Å². The number of benzene rings is 2. The maximum Gasteiger partial charge on any atom is 0.417 e. The summed E-state index contributed by atoms with van der Waals surface area (Å²) >= 11 is 17.0. The second-order valence-electron chi connectivity index (χ2n) is 4.94. The summed E-state index contributed by atoms with van der Waals surface area (Å²) in [7, 11) is -5.22. The third-order valence-electron chi connectivity index (χ3n) is 3.06. The van der Waals surface area contributed by atoms with Crippen LogP contribution in [-0.4, -0.2) is 8.42 Å². The van der Waals surface area contributed by atoms with Crippen LogP contribution in [0, 0.1) is 0 Å². The Labute approximate surface area is 163 Å². The molecular formula is C14H5Cl3F6O3S. The lowest BCUT2D eigenvalue weighted by molar-refractivity contribution is -0.144. The molecule has 2 aromatic carbocycles. The van der Waals surface area contributed by atoms with Gasteiger partial charge in [-0.25, -0.2) is 0 Å². The van der Waals surface area contributed by atoms with E-state index in [9.17, 15) is 34.8 Å². The highest BCUT2D eigenvalue weighted by atomic mass is 35.5. The Bertz CT molecular complexity index is 987. The first-order valence-corrected chi connectivity index (χ1v) is 9.04. The molecule has 0 aromatic heterocycles. The number of rotatable bonds is 3. The Morgan fingerprint density at radius 3 is 1.85 bits per heavy atom. The van der Waals surface area contributed by atoms with Crippen LogP contribution < -0.4 is 4.18 Å². The summed E-state index contributed by atoms with van der Waals surface area (Å²) in [6, 6.07) is 1.82. The van der Waals surface area contributed by atoms with Gasteiger partial charge in [0.2, 0.25) is 0 Å². The third kappa shape index (κ3) is 4.92. The molecule has 0 aliphatic rings. The molecule has 0 radical (unpaired) electrons. The van der Waals surface area contributed by atoms with E-state index in [2.05, 4.69) is 4.18 Å². The van der Waals surface area contributed by atoms with Crippen molar-refractivity contribution in [3.05, 3.63) is 56.5 Å². The Morgan fingerprint density at radius 2 is 1.33 bits per heavy atom. The molecule has 0 saturated carbocycles. The van der Waals surface area contributed by atoms with Crippen molar-refractivity contribution in [1.29, 1.82) is 0 Å². The van der Waals surface area contributed by atoms with E-state index in [-0.39, 0.29) is 28.2 Å². The molecule has 0 heterocycles. The first-order valence-electron chi connectivity index (χ1n) is 6.50. The predicted molar refractivity (Wildman–Crippen MR) is 85.7 cm³/mol. The van der Waals surface area contributed by atoms with Crippen LogP contribution in [0.1, 0.15) is 11.1 Å². The van der Waals surface area contributed by atoms with Crippen molar-refractivity contribution in [2.24, 2.45) is 0 Å². The van der Waals surface area contributed by atoms with Gasteiger partial charge in [0.15, 0.2) is 5.75 Å². The molecule has 27 heavy (non-hydrogen) atoms. The van der Waals surface area contributed by atoms with Gasteiger partial charge in [-0.15, -0.1) is 0 Å². The smallest absolute Gasteiger partial charge is 0.377 e. The van der Waals surface area contributed by atoms with Gasteiger partial charge in [-0.05, 0) is 24.3 Å². The van der Waals surface area contributed by atoms with E-state index in [1.807, 2.05) is 0 Å². The zero-order valence-electron chi connectivity index (χ0n) is 12.4. The highest BCUT2D eigenvalue weighted by Gasteiger charge is 2.41. The van der Waals surface area contributed by atoms with Crippen LogP contribution in [0.4, 0.5) is 26.3 Å². The molecule has 2 aromatic rings. The average Bonchev–Trinajstić information content (AvgIpc) is 2.50. The monoisotopic (exact) mass is 472 g/mol. The summed E-state index contributed by atoms with van der Waals surface area (Å²) in [5.74, 6) is -0.654. The van der Waals surface area contributed by atoms with Gasteiger partial charge in [0.05, 0.1) is 26.2 Å². The molecule has 3 nitrogen and oxygen atoms in total. The summed E-state index contributed by atoms with van der Waals surface area (Å²) in [6.07, 6.45) is -10.5.